The predicted octanol–water partition coefficient (Wildman–Crippen LogP) is 3.51. The van der Waals surface area contributed by atoms with E-state index in [0.29, 0.717) is 23.0 Å². The molecule has 154 valence electrons. The lowest BCUT2D eigenvalue weighted by atomic mass is 9.84. The smallest absolute Gasteiger partial charge is 0.254 e. The van der Waals surface area contributed by atoms with Gasteiger partial charge in [0.1, 0.15) is 6.04 Å². The molecule has 2 heterocycles. The molecule has 0 radical (unpaired) electrons. The highest BCUT2D eigenvalue weighted by molar-refractivity contribution is 6.31. The number of halogens is 1. The molecule has 2 aliphatic rings. The summed E-state index contributed by atoms with van der Waals surface area (Å²) < 4.78 is 1.94. The maximum Gasteiger partial charge on any atom is 0.254 e. The molecule has 1 saturated heterocycles. The second-order valence-electron chi connectivity index (χ2n) is 8.26. The third-order valence-electron chi connectivity index (χ3n) is 6.13. The number of nitrogens with one attached hydrogen (secondary N) is 1. The van der Waals surface area contributed by atoms with Crippen LogP contribution in [0.15, 0.2) is 43.0 Å². The number of aromatic nitrogens is 2. The second kappa shape index (κ2) is 8.57. The molecule has 1 aromatic heterocycles. The van der Waals surface area contributed by atoms with Gasteiger partial charge in [0.2, 0.25) is 5.91 Å². The number of hydrogen-bond donors (Lipinski definition) is 1. The van der Waals surface area contributed by atoms with Crippen LogP contribution >= 0.6 is 11.6 Å². The second-order valence-corrected chi connectivity index (χ2v) is 8.69. The highest BCUT2D eigenvalue weighted by Gasteiger charge is 2.47. The monoisotopic (exact) mass is 414 g/mol. The van der Waals surface area contributed by atoms with E-state index in [-0.39, 0.29) is 23.9 Å². The first-order valence-corrected chi connectivity index (χ1v) is 10.7. The molecule has 1 aliphatic heterocycles. The molecule has 1 N–H and O–H groups in total. The van der Waals surface area contributed by atoms with Crippen molar-refractivity contribution in [3.05, 3.63) is 53.6 Å². The van der Waals surface area contributed by atoms with E-state index in [9.17, 15) is 9.59 Å². The molecular formula is C22H27ClN4O2. The first kappa shape index (κ1) is 20.0. The molecule has 2 aromatic rings. The van der Waals surface area contributed by atoms with Crippen LogP contribution in [0.1, 0.15) is 49.4 Å². The predicted molar refractivity (Wildman–Crippen MR) is 112 cm³/mol. The first-order chi connectivity index (χ1) is 14.0. The Bertz CT molecular complexity index is 869. The van der Waals surface area contributed by atoms with Crippen molar-refractivity contribution in [2.24, 2.45) is 5.92 Å². The molecular weight excluding hydrogens is 388 g/mol. The van der Waals surface area contributed by atoms with Crippen molar-refractivity contribution in [1.82, 2.24) is 19.8 Å². The van der Waals surface area contributed by atoms with Gasteiger partial charge in [0, 0.05) is 41.6 Å². The summed E-state index contributed by atoms with van der Waals surface area (Å²) >= 11 is 6.11. The summed E-state index contributed by atoms with van der Waals surface area (Å²) in [6.07, 6.45) is 10.4. The number of amides is 2. The quantitative estimate of drug-likeness (QED) is 0.814. The minimum absolute atomic E-state index is 0.0533. The molecule has 1 aliphatic carbocycles. The Hall–Kier alpha value is -2.34. The highest BCUT2D eigenvalue weighted by Crippen LogP contribution is 2.40. The van der Waals surface area contributed by atoms with E-state index in [1.807, 2.05) is 22.6 Å². The number of rotatable bonds is 5. The number of carbonyl (C=O) groups is 2. The molecule has 0 unspecified atom stereocenters. The first-order valence-electron chi connectivity index (χ1n) is 10.4. The lowest BCUT2D eigenvalue weighted by Gasteiger charge is -2.34. The third kappa shape index (κ3) is 4.32. The van der Waals surface area contributed by atoms with E-state index < -0.39 is 6.04 Å². The van der Waals surface area contributed by atoms with Gasteiger partial charge >= 0.3 is 0 Å². The van der Waals surface area contributed by atoms with Gasteiger partial charge in [-0.2, -0.15) is 0 Å². The van der Waals surface area contributed by atoms with Gasteiger partial charge in [0.25, 0.3) is 5.91 Å². The number of hydrogen-bond acceptors (Lipinski definition) is 3. The van der Waals surface area contributed by atoms with Crippen LogP contribution < -0.4 is 5.32 Å². The van der Waals surface area contributed by atoms with E-state index >= 15 is 0 Å². The van der Waals surface area contributed by atoms with Crippen LogP contribution in [-0.4, -0.2) is 44.4 Å². The minimum atomic E-state index is -0.431. The zero-order valence-corrected chi connectivity index (χ0v) is 17.4. The number of likely N-dealkylation sites (tertiary alicyclic amines) is 1. The van der Waals surface area contributed by atoms with Crippen molar-refractivity contribution in [1.29, 1.82) is 0 Å². The van der Waals surface area contributed by atoms with Gasteiger partial charge in [0.15, 0.2) is 0 Å². The maximum atomic E-state index is 13.4. The topological polar surface area (TPSA) is 67.2 Å². The lowest BCUT2D eigenvalue weighted by Crippen LogP contribution is -2.51. The van der Waals surface area contributed by atoms with Gasteiger partial charge in [0.05, 0.1) is 6.33 Å². The summed E-state index contributed by atoms with van der Waals surface area (Å²) in [5.41, 5.74) is 0.549. The van der Waals surface area contributed by atoms with E-state index in [4.69, 9.17) is 11.6 Å². The van der Waals surface area contributed by atoms with E-state index in [2.05, 4.69) is 10.3 Å². The van der Waals surface area contributed by atoms with Crippen LogP contribution in [0, 0.1) is 5.92 Å². The van der Waals surface area contributed by atoms with Gasteiger partial charge in [-0.1, -0.05) is 30.5 Å². The van der Waals surface area contributed by atoms with Crippen molar-refractivity contribution < 1.29 is 9.59 Å². The summed E-state index contributed by atoms with van der Waals surface area (Å²) in [5.74, 6) is 0.235. The Kier molecular flexibility index (Phi) is 5.90. The fourth-order valence-corrected chi connectivity index (χ4v) is 5.04. The van der Waals surface area contributed by atoms with Crippen molar-refractivity contribution in [3.8, 4) is 0 Å². The van der Waals surface area contributed by atoms with Gasteiger partial charge in [-0.3, -0.25) is 9.59 Å². The Morgan fingerprint density at radius 2 is 2.14 bits per heavy atom. The van der Waals surface area contributed by atoms with E-state index in [1.165, 1.54) is 6.42 Å². The summed E-state index contributed by atoms with van der Waals surface area (Å²) in [4.78, 5) is 32.5. The Balaban J connectivity index is 1.53. The molecule has 4 atom stereocenters. The number of benzene rings is 1. The highest BCUT2D eigenvalue weighted by atomic mass is 35.5. The Morgan fingerprint density at radius 3 is 2.90 bits per heavy atom. The number of imidazole rings is 1. The van der Waals surface area contributed by atoms with Gasteiger partial charge in [-0.25, -0.2) is 4.98 Å². The molecule has 7 heteroatoms. The van der Waals surface area contributed by atoms with Crippen molar-refractivity contribution in [3.63, 3.8) is 0 Å². The summed E-state index contributed by atoms with van der Waals surface area (Å²) in [5, 5.41) is 3.64. The van der Waals surface area contributed by atoms with Crippen molar-refractivity contribution in [2.45, 2.75) is 63.7 Å². The standard InChI is InChI=1S/C22H27ClN4O2/c1-15(13-26-10-9-24-14-26)25-21(28)20-12-16-5-2-3-8-19(16)27(20)22(29)17-6-4-7-18(23)11-17/h4,6-7,9-11,14-16,19-20H,2-3,5,8,12-13H2,1H3,(H,25,28)/t15-,16+,19-,20+/m1/s1. The number of carbonyl (C=O) groups excluding carboxylic acids is 2. The maximum absolute atomic E-state index is 13.4. The van der Waals surface area contributed by atoms with Crippen LogP contribution in [0.25, 0.3) is 0 Å². The molecule has 2 amide bonds. The summed E-state index contributed by atoms with van der Waals surface area (Å²) in [7, 11) is 0. The summed E-state index contributed by atoms with van der Waals surface area (Å²) in [6, 6.07) is 6.66. The number of fused-ring (bicyclic) bond motifs is 1. The Morgan fingerprint density at radius 1 is 1.31 bits per heavy atom. The van der Waals surface area contributed by atoms with E-state index in [0.717, 1.165) is 25.7 Å². The molecule has 2 fully saturated rings. The zero-order valence-electron chi connectivity index (χ0n) is 16.6. The third-order valence-corrected chi connectivity index (χ3v) is 6.36. The average Bonchev–Trinajstić information content (AvgIpc) is 3.34. The van der Waals surface area contributed by atoms with Gasteiger partial charge in [-0.05, 0) is 50.3 Å². The van der Waals surface area contributed by atoms with Crippen molar-refractivity contribution in [2.75, 3.05) is 0 Å². The fourth-order valence-electron chi connectivity index (χ4n) is 4.85. The molecule has 0 bridgehead atoms. The van der Waals surface area contributed by atoms with Gasteiger partial charge < -0.3 is 14.8 Å². The summed E-state index contributed by atoms with van der Waals surface area (Å²) in [6.45, 7) is 2.62. The molecule has 29 heavy (non-hydrogen) atoms. The van der Waals surface area contributed by atoms with Crippen LogP contribution in [0.3, 0.4) is 0 Å². The lowest BCUT2D eigenvalue weighted by molar-refractivity contribution is -0.125. The molecule has 0 spiro atoms. The van der Waals surface area contributed by atoms with Crippen molar-refractivity contribution >= 4 is 23.4 Å². The van der Waals surface area contributed by atoms with Crippen LogP contribution in [0.2, 0.25) is 5.02 Å². The molecule has 4 rings (SSSR count). The molecule has 6 nitrogen and oxygen atoms in total. The molecule has 1 saturated carbocycles. The van der Waals surface area contributed by atoms with Crippen LogP contribution in [0.5, 0.6) is 0 Å². The van der Waals surface area contributed by atoms with Crippen LogP contribution in [-0.2, 0) is 11.3 Å². The fraction of sp³-hybridized carbons (Fsp3) is 0.500. The normalized spacial score (nSPS) is 24.8. The minimum Gasteiger partial charge on any atom is -0.350 e. The van der Waals surface area contributed by atoms with Crippen LogP contribution in [0.4, 0.5) is 0 Å². The SMILES string of the molecule is C[C@H](Cn1ccnc1)NC(=O)[C@@H]1C[C@@H]2CCCC[C@H]2N1C(=O)c1cccc(Cl)c1. The largest absolute Gasteiger partial charge is 0.350 e. The van der Waals surface area contributed by atoms with Gasteiger partial charge in [-0.15, -0.1) is 0 Å². The zero-order chi connectivity index (χ0) is 20.4. The van der Waals surface area contributed by atoms with E-state index in [1.54, 1.807) is 36.8 Å². The average molecular weight is 415 g/mol. The molecule has 1 aromatic carbocycles. The Labute approximate surface area is 176 Å². The number of nitrogens with zero attached hydrogens (tertiary/aromatic N) is 3.